The number of hydrogen-bond acceptors (Lipinski definition) is 2. The predicted octanol–water partition coefficient (Wildman–Crippen LogP) is 5.05. The number of ether oxygens (including phenoxy) is 1. The molecule has 0 aliphatic heterocycles. The van der Waals surface area contributed by atoms with Gasteiger partial charge in [0.25, 0.3) is 0 Å². The topological polar surface area (TPSA) is 21.3 Å². The first kappa shape index (κ1) is 15.0. The van der Waals surface area contributed by atoms with E-state index < -0.39 is 0 Å². The highest BCUT2D eigenvalue weighted by Crippen LogP contribution is 2.22. The van der Waals surface area contributed by atoms with Gasteiger partial charge in [-0.2, -0.15) is 0 Å². The Morgan fingerprint density at radius 2 is 1.80 bits per heavy atom. The van der Waals surface area contributed by atoms with Gasteiger partial charge >= 0.3 is 0 Å². The number of nitrogens with one attached hydrogen (secondary N) is 1. The van der Waals surface area contributed by atoms with Crippen LogP contribution in [0, 0.1) is 0 Å². The van der Waals surface area contributed by atoms with Crippen molar-refractivity contribution in [3.05, 3.63) is 58.1 Å². The molecule has 2 nitrogen and oxygen atoms in total. The van der Waals surface area contributed by atoms with Crippen LogP contribution >= 0.6 is 23.2 Å². The molecule has 0 heterocycles. The van der Waals surface area contributed by atoms with Crippen LogP contribution < -0.4 is 10.1 Å². The van der Waals surface area contributed by atoms with Gasteiger partial charge in [-0.15, -0.1) is 0 Å². The van der Waals surface area contributed by atoms with Crippen molar-refractivity contribution in [2.24, 2.45) is 0 Å². The van der Waals surface area contributed by atoms with Gasteiger partial charge in [-0.3, -0.25) is 0 Å². The van der Waals surface area contributed by atoms with Crippen molar-refractivity contribution in [2.45, 2.75) is 13.3 Å². The summed E-state index contributed by atoms with van der Waals surface area (Å²) < 4.78 is 5.70. The smallest absolute Gasteiger partial charge is 0.119 e. The third kappa shape index (κ3) is 4.32. The van der Waals surface area contributed by atoms with Crippen molar-refractivity contribution in [3.8, 4) is 5.75 Å². The molecule has 0 unspecified atom stereocenters. The van der Waals surface area contributed by atoms with E-state index in [2.05, 4.69) is 12.2 Å². The maximum atomic E-state index is 6.07. The molecule has 106 valence electrons. The molecule has 0 spiro atoms. The van der Waals surface area contributed by atoms with Crippen LogP contribution in [0.25, 0.3) is 0 Å². The molecule has 0 atom stereocenters. The summed E-state index contributed by atoms with van der Waals surface area (Å²) >= 11 is 11.9. The lowest BCUT2D eigenvalue weighted by Gasteiger charge is -2.10. The first-order valence-corrected chi connectivity index (χ1v) is 7.35. The van der Waals surface area contributed by atoms with Crippen LogP contribution in [0.5, 0.6) is 5.75 Å². The molecule has 0 saturated carbocycles. The van der Waals surface area contributed by atoms with Crippen molar-refractivity contribution >= 4 is 28.9 Å². The molecule has 2 aromatic carbocycles. The van der Waals surface area contributed by atoms with Crippen LogP contribution in [0.15, 0.2) is 42.5 Å². The zero-order chi connectivity index (χ0) is 14.4. The summed E-state index contributed by atoms with van der Waals surface area (Å²) in [6.07, 6.45) is 0.902. The summed E-state index contributed by atoms with van der Waals surface area (Å²) in [6.45, 7) is 3.40. The highest BCUT2D eigenvalue weighted by molar-refractivity contribution is 6.31. The Morgan fingerprint density at radius 1 is 1.05 bits per heavy atom. The molecule has 0 fully saturated rings. The van der Waals surface area contributed by atoms with Crippen molar-refractivity contribution < 1.29 is 4.74 Å². The highest BCUT2D eigenvalue weighted by atomic mass is 35.5. The second-order valence-electron chi connectivity index (χ2n) is 4.39. The van der Waals surface area contributed by atoms with Crippen molar-refractivity contribution in [1.82, 2.24) is 0 Å². The van der Waals surface area contributed by atoms with E-state index in [0.29, 0.717) is 6.61 Å². The number of hydrogen-bond donors (Lipinski definition) is 1. The standard InChI is InChI=1S/C16H17Cl2NO/c1-2-12-11-15(7-8-16(12)18)20-10-9-19-14-5-3-13(17)4-6-14/h3-8,11,19H,2,9-10H2,1H3. The Labute approximate surface area is 129 Å². The summed E-state index contributed by atoms with van der Waals surface area (Å²) in [4.78, 5) is 0. The van der Waals surface area contributed by atoms with Gasteiger partial charge in [0.1, 0.15) is 12.4 Å². The molecular weight excluding hydrogens is 293 g/mol. The van der Waals surface area contributed by atoms with Crippen LogP contribution in [-0.2, 0) is 6.42 Å². The largest absolute Gasteiger partial charge is 0.492 e. The molecule has 4 heteroatoms. The molecule has 0 radical (unpaired) electrons. The molecule has 0 amide bonds. The highest BCUT2D eigenvalue weighted by Gasteiger charge is 2.01. The molecule has 0 aromatic heterocycles. The molecule has 0 aliphatic rings. The fourth-order valence-electron chi connectivity index (χ4n) is 1.84. The molecule has 0 aliphatic carbocycles. The zero-order valence-corrected chi connectivity index (χ0v) is 12.8. The molecular formula is C16H17Cl2NO. The van der Waals surface area contributed by atoms with Crippen LogP contribution in [0.4, 0.5) is 5.69 Å². The second-order valence-corrected chi connectivity index (χ2v) is 5.23. The minimum absolute atomic E-state index is 0.591. The summed E-state index contributed by atoms with van der Waals surface area (Å²) in [6, 6.07) is 13.4. The van der Waals surface area contributed by atoms with Crippen LogP contribution in [0.3, 0.4) is 0 Å². The van der Waals surface area contributed by atoms with Crippen molar-refractivity contribution in [1.29, 1.82) is 0 Å². The normalized spacial score (nSPS) is 10.3. The number of benzene rings is 2. The van der Waals surface area contributed by atoms with E-state index in [4.69, 9.17) is 27.9 Å². The molecule has 0 bridgehead atoms. The lowest BCUT2D eigenvalue weighted by molar-refractivity contribution is 0.332. The van der Waals surface area contributed by atoms with Gasteiger partial charge in [-0.05, 0) is 54.4 Å². The average Bonchev–Trinajstić information content (AvgIpc) is 2.47. The number of halogens is 2. The molecule has 0 saturated heterocycles. The van der Waals surface area contributed by atoms with Crippen LogP contribution in [0.2, 0.25) is 10.0 Å². The Morgan fingerprint density at radius 3 is 2.50 bits per heavy atom. The first-order chi connectivity index (χ1) is 9.69. The van der Waals surface area contributed by atoms with Crippen LogP contribution in [-0.4, -0.2) is 13.2 Å². The Kier molecular flexibility index (Phi) is 5.57. The van der Waals surface area contributed by atoms with E-state index in [-0.39, 0.29) is 0 Å². The van der Waals surface area contributed by atoms with E-state index >= 15 is 0 Å². The number of aryl methyl sites for hydroxylation is 1. The lowest BCUT2D eigenvalue weighted by atomic mass is 10.1. The van der Waals surface area contributed by atoms with Gasteiger partial charge in [0, 0.05) is 22.3 Å². The van der Waals surface area contributed by atoms with Gasteiger partial charge in [-0.1, -0.05) is 30.1 Å². The number of anilines is 1. The Hall–Kier alpha value is -1.38. The molecule has 20 heavy (non-hydrogen) atoms. The summed E-state index contributed by atoms with van der Waals surface area (Å²) in [5.74, 6) is 0.851. The average molecular weight is 310 g/mol. The molecule has 2 rings (SSSR count). The third-order valence-electron chi connectivity index (χ3n) is 2.94. The summed E-state index contributed by atoms with van der Waals surface area (Å²) in [5, 5.41) is 4.80. The van der Waals surface area contributed by atoms with Crippen LogP contribution in [0.1, 0.15) is 12.5 Å². The lowest BCUT2D eigenvalue weighted by Crippen LogP contribution is -2.11. The van der Waals surface area contributed by atoms with Gasteiger partial charge in [-0.25, -0.2) is 0 Å². The van der Waals surface area contributed by atoms with Gasteiger partial charge in [0.05, 0.1) is 0 Å². The zero-order valence-electron chi connectivity index (χ0n) is 11.3. The van der Waals surface area contributed by atoms with E-state index in [9.17, 15) is 0 Å². The fourth-order valence-corrected chi connectivity index (χ4v) is 2.22. The van der Waals surface area contributed by atoms with Gasteiger partial charge in [0.15, 0.2) is 0 Å². The van der Waals surface area contributed by atoms with Gasteiger partial charge in [0.2, 0.25) is 0 Å². The van der Waals surface area contributed by atoms with Crippen molar-refractivity contribution in [3.63, 3.8) is 0 Å². The summed E-state index contributed by atoms with van der Waals surface area (Å²) in [7, 11) is 0. The Bertz CT molecular complexity index is 555. The summed E-state index contributed by atoms with van der Waals surface area (Å²) in [5.41, 5.74) is 2.14. The molecule has 1 N–H and O–H groups in total. The quantitative estimate of drug-likeness (QED) is 0.754. The maximum Gasteiger partial charge on any atom is 0.119 e. The molecule has 2 aromatic rings. The minimum Gasteiger partial charge on any atom is -0.492 e. The second kappa shape index (κ2) is 7.41. The van der Waals surface area contributed by atoms with E-state index in [1.54, 1.807) is 0 Å². The van der Waals surface area contributed by atoms with Crippen molar-refractivity contribution in [2.75, 3.05) is 18.5 Å². The first-order valence-electron chi connectivity index (χ1n) is 6.59. The minimum atomic E-state index is 0.591. The van der Waals surface area contributed by atoms with Gasteiger partial charge < -0.3 is 10.1 Å². The predicted molar refractivity (Wildman–Crippen MR) is 86.3 cm³/mol. The maximum absolute atomic E-state index is 6.07. The van der Waals surface area contributed by atoms with E-state index in [1.165, 1.54) is 0 Å². The van der Waals surface area contributed by atoms with E-state index in [1.807, 2.05) is 42.5 Å². The third-order valence-corrected chi connectivity index (χ3v) is 3.56. The Balaban J connectivity index is 1.79. The van der Waals surface area contributed by atoms with E-state index in [0.717, 1.165) is 40.0 Å². The monoisotopic (exact) mass is 309 g/mol. The number of rotatable bonds is 6. The fraction of sp³-hybridized carbons (Fsp3) is 0.250. The SMILES string of the molecule is CCc1cc(OCCNc2ccc(Cl)cc2)ccc1Cl.